The zero-order chi connectivity index (χ0) is 15.4. The zero-order valence-electron chi connectivity index (χ0n) is 13.2. The quantitative estimate of drug-likeness (QED) is 0.862. The summed E-state index contributed by atoms with van der Waals surface area (Å²) in [5.41, 5.74) is 8.95. The van der Waals surface area contributed by atoms with Gasteiger partial charge in [-0.3, -0.25) is 9.69 Å². The van der Waals surface area contributed by atoms with Crippen LogP contribution in [0.1, 0.15) is 11.1 Å². The molecule has 1 fully saturated rings. The Bertz CT molecular complexity index is 483. The Morgan fingerprint density at radius 2 is 2.00 bits per heavy atom. The lowest BCUT2D eigenvalue weighted by Crippen LogP contribution is -2.56. The number of carbonyl (C=O) groups excluding carboxylic acids is 1. The third-order valence-corrected chi connectivity index (χ3v) is 4.17. The molecule has 5 nitrogen and oxygen atoms in total. The number of amides is 1. The summed E-state index contributed by atoms with van der Waals surface area (Å²) in [4.78, 5) is 16.8. The minimum atomic E-state index is 0.0374. The van der Waals surface area contributed by atoms with Crippen LogP contribution < -0.4 is 11.1 Å². The Balaban J connectivity index is 1.98. The topological polar surface area (TPSA) is 61.6 Å². The average molecular weight is 290 g/mol. The first-order valence-corrected chi connectivity index (χ1v) is 7.50. The number of benzene rings is 1. The van der Waals surface area contributed by atoms with Crippen LogP contribution in [0.25, 0.3) is 0 Å². The van der Waals surface area contributed by atoms with Gasteiger partial charge in [0.2, 0.25) is 5.91 Å². The number of aryl methyl sites for hydroxylation is 2. The van der Waals surface area contributed by atoms with Crippen molar-refractivity contribution in [1.82, 2.24) is 9.80 Å². The highest BCUT2D eigenvalue weighted by molar-refractivity contribution is 5.93. The number of nitrogens with zero attached hydrogens (tertiary/aromatic N) is 2. The predicted octanol–water partition coefficient (Wildman–Crippen LogP) is 0.817. The number of nitrogens with one attached hydrogen (secondary N) is 1. The van der Waals surface area contributed by atoms with Crippen LogP contribution in [0.5, 0.6) is 0 Å². The van der Waals surface area contributed by atoms with Gasteiger partial charge in [0.25, 0.3) is 0 Å². The van der Waals surface area contributed by atoms with Gasteiger partial charge in [-0.1, -0.05) is 18.2 Å². The van der Waals surface area contributed by atoms with E-state index in [1.165, 1.54) is 0 Å². The van der Waals surface area contributed by atoms with Gasteiger partial charge in [-0.2, -0.15) is 0 Å². The molecule has 0 radical (unpaired) electrons. The molecule has 1 aliphatic heterocycles. The number of likely N-dealkylation sites (N-methyl/N-ethyl adjacent to an activating group) is 1. The first-order chi connectivity index (χ1) is 10.0. The van der Waals surface area contributed by atoms with Crippen molar-refractivity contribution in [2.45, 2.75) is 19.9 Å². The first kappa shape index (κ1) is 15.9. The number of nitrogens with two attached hydrogens (primary N) is 1. The lowest BCUT2D eigenvalue weighted by molar-refractivity contribution is -0.118. The van der Waals surface area contributed by atoms with Crippen LogP contribution in [0.15, 0.2) is 18.2 Å². The van der Waals surface area contributed by atoms with Crippen molar-refractivity contribution in [2.75, 3.05) is 45.1 Å². The highest BCUT2D eigenvalue weighted by Gasteiger charge is 2.25. The monoisotopic (exact) mass is 290 g/mol. The van der Waals surface area contributed by atoms with E-state index in [0.29, 0.717) is 13.1 Å². The van der Waals surface area contributed by atoms with Crippen molar-refractivity contribution < 1.29 is 4.79 Å². The summed E-state index contributed by atoms with van der Waals surface area (Å²) in [6.45, 7) is 7.81. The standard InChI is InChI=1S/C16H26N4O/c1-12-5-4-6-13(2)16(12)18-15(21)11-20-8-7-19(3)10-14(20)9-17/h4-6,14H,7-11,17H2,1-3H3,(H,18,21). The van der Waals surface area contributed by atoms with Crippen molar-refractivity contribution in [1.29, 1.82) is 0 Å². The molecule has 0 aromatic heterocycles. The molecule has 1 aromatic carbocycles. The maximum absolute atomic E-state index is 12.3. The number of hydrogen-bond acceptors (Lipinski definition) is 4. The zero-order valence-corrected chi connectivity index (χ0v) is 13.2. The van der Waals surface area contributed by atoms with Gasteiger partial charge in [-0.15, -0.1) is 0 Å². The van der Waals surface area contributed by atoms with E-state index in [-0.39, 0.29) is 11.9 Å². The molecule has 1 amide bonds. The van der Waals surface area contributed by atoms with Crippen LogP contribution in [0.4, 0.5) is 5.69 Å². The van der Waals surface area contributed by atoms with E-state index < -0.39 is 0 Å². The van der Waals surface area contributed by atoms with Crippen LogP contribution in [0, 0.1) is 13.8 Å². The van der Waals surface area contributed by atoms with Crippen molar-refractivity contribution >= 4 is 11.6 Å². The van der Waals surface area contributed by atoms with Crippen LogP contribution in [-0.4, -0.2) is 61.5 Å². The first-order valence-electron chi connectivity index (χ1n) is 7.50. The molecule has 1 atom stereocenters. The smallest absolute Gasteiger partial charge is 0.238 e. The predicted molar refractivity (Wildman–Crippen MR) is 86.5 cm³/mol. The Kier molecular flexibility index (Phi) is 5.33. The molecule has 0 saturated carbocycles. The number of rotatable bonds is 4. The van der Waals surface area contributed by atoms with Gasteiger partial charge < -0.3 is 16.0 Å². The second-order valence-electron chi connectivity index (χ2n) is 5.94. The summed E-state index contributed by atoms with van der Waals surface area (Å²) in [5.74, 6) is 0.0374. The number of hydrogen-bond donors (Lipinski definition) is 2. The fourth-order valence-electron chi connectivity index (χ4n) is 2.86. The molecule has 0 bridgehead atoms. The number of piperazine rings is 1. The van der Waals surface area contributed by atoms with Gasteiger partial charge in [0.15, 0.2) is 0 Å². The lowest BCUT2D eigenvalue weighted by atomic mass is 10.1. The lowest BCUT2D eigenvalue weighted by Gasteiger charge is -2.39. The molecule has 1 aromatic rings. The molecule has 1 saturated heterocycles. The second kappa shape index (κ2) is 7.02. The minimum Gasteiger partial charge on any atom is -0.329 e. The second-order valence-corrected chi connectivity index (χ2v) is 5.94. The Morgan fingerprint density at radius 1 is 1.33 bits per heavy atom. The summed E-state index contributed by atoms with van der Waals surface area (Å²) in [7, 11) is 2.09. The number of carbonyl (C=O) groups is 1. The van der Waals surface area contributed by atoms with E-state index in [4.69, 9.17) is 5.73 Å². The molecule has 1 aliphatic rings. The van der Waals surface area contributed by atoms with E-state index in [1.54, 1.807) is 0 Å². The average Bonchev–Trinajstić information content (AvgIpc) is 2.45. The van der Waals surface area contributed by atoms with Gasteiger partial charge in [-0.05, 0) is 32.0 Å². The fourth-order valence-corrected chi connectivity index (χ4v) is 2.86. The normalized spacial score (nSPS) is 20.5. The van der Waals surface area contributed by atoms with E-state index in [0.717, 1.165) is 36.4 Å². The van der Waals surface area contributed by atoms with Crippen LogP contribution in [-0.2, 0) is 4.79 Å². The minimum absolute atomic E-state index is 0.0374. The SMILES string of the molecule is Cc1cccc(C)c1NC(=O)CN1CCN(C)CC1CN. The van der Waals surface area contributed by atoms with Crippen molar-refractivity contribution in [3.63, 3.8) is 0 Å². The summed E-state index contributed by atoms with van der Waals surface area (Å²) in [6, 6.07) is 6.29. The Labute approximate surface area is 127 Å². The number of anilines is 1. The van der Waals surface area contributed by atoms with Gasteiger partial charge in [0.05, 0.1) is 6.54 Å². The highest BCUT2D eigenvalue weighted by Crippen LogP contribution is 2.19. The van der Waals surface area contributed by atoms with Gasteiger partial charge in [0, 0.05) is 37.9 Å². The molecule has 3 N–H and O–H groups in total. The molecule has 1 unspecified atom stereocenters. The summed E-state index contributed by atoms with van der Waals surface area (Å²) in [6.07, 6.45) is 0. The van der Waals surface area contributed by atoms with Crippen LogP contribution >= 0.6 is 0 Å². The van der Waals surface area contributed by atoms with Gasteiger partial charge in [-0.25, -0.2) is 0 Å². The molecular weight excluding hydrogens is 264 g/mol. The largest absolute Gasteiger partial charge is 0.329 e. The molecule has 0 spiro atoms. The maximum Gasteiger partial charge on any atom is 0.238 e. The summed E-state index contributed by atoms with van der Waals surface area (Å²) in [5, 5.41) is 3.05. The molecule has 2 rings (SSSR count). The van der Waals surface area contributed by atoms with Crippen LogP contribution in [0.2, 0.25) is 0 Å². The molecule has 1 heterocycles. The molecular formula is C16H26N4O. The van der Waals surface area contributed by atoms with Crippen molar-refractivity contribution in [3.05, 3.63) is 29.3 Å². The molecule has 5 heteroatoms. The van der Waals surface area contributed by atoms with E-state index in [1.807, 2.05) is 32.0 Å². The Hall–Kier alpha value is -1.43. The maximum atomic E-state index is 12.3. The van der Waals surface area contributed by atoms with E-state index >= 15 is 0 Å². The van der Waals surface area contributed by atoms with Crippen molar-refractivity contribution in [2.24, 2.45) is 5.73 Å². The molecule has 21 heavy (non-hydrogen) atoms. The third-order valence-electron chi connectivity index (χ3n) is 4.17. The summed E-state index contributed by atoms with van der Waals surface area (Å²) < 4.78 is 0. The van der Waals surface area contributed by atoms with Gasteiger partial charge >= 0.3 is 0 Å². The molecule has 116 valence electrons. The molecule has 0 aliphatic carbocycles. The van der Waals surface area contributed by atoms with Crippen LogP contribution in [0.3, 0.4) is 0 Å². The summed E-state index contributed by atoms with van der Waals surface area (Å²) >= 11 is 0. The van der Waals surface area contributed by atoms with Crippen molar-refractivity contribution in [3.8, 4) is 0 Å². The fraction of sp³-hybridized carbons (Fsp3) is 0.562. The Morgan fingerprint density at radius 3 is 2.62 bits per heavy atom. The van der Waals surface area contributed by atoms with E-state index in [9.17, 15) is 4.79 Å². The van der Waals surface area contributed by atoms with Gasteiger partial charge in [0.1, 0.15) is 0 Å². The third kappa shape index (κ3) is 4.03. The number of para-hydroxylation sites is 1. The van der Waals surface area contributed by atoms with E-state index in [2.05, 4.69) is 22.2 Å². The highest BCUT2D eigenvalue weighted by atomic mass is 16.2.